The van der Waals surface area contributed by atoms with Gasteiger partial charge in [0.25, 0.3) is 11.6 Å². The molecule has 0 aromatic heterocycles. The number of nitrogens with one attached hydrogen (secondary N) is 2. The summed E-state index contributed by atoms with van der Waals surface area (Å²) in [6.07, 6.45) is 4.55. The summed E-state index contributed by atoms with van der Waals surface area (Å²) in [5, 5.41) is 16.9. The Morgan fingerprint density at radius 1 is 1.45 bits per heavy atom. The summed E-state index contributed by atoms with van der Waals surface area (Å²) >= 11 is 0. The third kappa shape index (κ3) is 3.54. The molecule has 1 unspecified atom stereocenters. The quantitative estimate of drug-likeness (QED) is 0.549. The van der Waals surface area contributed by atoms with Crippen molar-refractivity contribution >= 4 is 17.3 Å². The number of nitrogens with zero attached hydrogens (tertiary/aromatic N) is 1. The maximum Gasteiger partial charge on any atom is 0.293 e. The van der Waals surface area contributed by atoms with Crippen LogP contribution in [0.2, 0.25) is 0 Å². The molecule has 1 saturated carbocycles. The second kappa shape index (κ2) is 7.22. The van der Waals surface area contributed by atoms with E-state index in [1.165, 1.54) is 26.0 Å². The van der Waals surface area contributed by atoms with Gasteiger partial charge in [-0.2, -0.15) is 0 Å². The van der Waals surface area contributed by atoms with Crippen LogP contribution in [0.15, 0.2) is 18.2 Å². The van der Waals surface area contributed by atoms with Crippen LogP contribution in [-0.4, -0.2) is 30.5 Å². The molecule has 0 aliphatic heterocycles. The zero-order valence-corrected chi connectivity index (χ0v) is 12.7. The van der Waals surface area contributed by atoms with Crippen molar-refractivity contribution in [2.75, 3.05) is 18.9 Å². The van der Waals surface area contributed by atoms with E-state index in [4.69, 9.17) is 5.73 Å². The van der Waals surface area contributed by atoms with Crippen molar-refractivity contribution in [3.8, 4) is 0 Å². The Morgan fingerprint density at radius 3 is 2.68 bits per heavy atom. The maximum atomic E-state index is 11.6. The van der Waals surface area contributed by atoms with Gasteiger partial charge in [-0.15, -0.1) is 0 Å². The molecule has 120 valence electrons. The van der Waals surface area contributed by atoms with Gasteiger partial charge < -0.3 is 16.4 Å². The van der Waals surface area contributed by atoms with Crippen LogP contribution in [0.4, 0.5) is 11.4 Å². The Labute approximate surface area is 129 Å². The van der Waals surface area contributed by atoms with Crippen LogP contribution in [-0.2, 0) is 0 Å². The predicted octanol–water partition coefficient (Wildman–Crippen LogP) is 1.88. The number of rotatable bonds is 6. The van der Waals surface area contributed by atoms with E-state index in [-0.39, 0.29) is 23.2 Å². The number of hydrogen-bond acceptors (Lipinski definition) is 5. The fraction of sp³-hybridized carbons (Fsp3) is 0.533. The summed E-state index contributed by atoms with van der Waals surface area (Å²) in [6.45, 7) is 0.430. The van der Waals surface area contributed by atoms with Gasteiger partial charge in [0.2, 0.25) is 0 Å². The van der Waals surface area contributed by atoms with Crippen molar-refractivity contribution in [2.24, 2.45) is 11.7 Å². The summed E-state index contributed by atoms with van der Waals surface area (Å²) in [6, 6.07) is 4.48. The highest BCUT2D eigenvalue weighted by molar-refractivity contribution is 5.95. The Bertz CT molecular complexity index is 556. The maximum absolute atomic E-state index is 11.6. The minimum absolute atomic E-state index is 0.0204. The number of nitro benzene ring substituents is 1. The van der Waals surface area contributed by atoms with E-state index >= 15 is 0 Å². The molecule has 1 aromatic carbocycles. The molecule has 7 nitrogen and oxygen atoms in total. The average molecular weight is 306 g/mol. The van der Waals surface area contributed by atoms with Gasteiger partial charge >= 0.3 is 0 Å². The molecular formula is C15H22N4O3. The Hall–Kier alpha value is -2.15. The molecular weight excluding hydrogens is 284 g/mol. The first-order valence-electron chi connectivity index (χ1n) is 7.54. The number of nitro groups is 1. The van der Waals surface area contributed by atoms with Gasteiger partial charge in [-0.1, -0.05) is 12.8 Å². The highest BCUT2D eigenvalue weighted by Crippen LogP contribution is 2.32. The molecule has 0 bridgehead atoms. The normalized spacial score (nSPS) is 16.3. The molecule has 0 spiro atoms. The summed E-state index contributed by atoms with van der Waals surface area (Å²) in [7, 11) is 1.49. The smallest absolute Gasteiger partial charge is 0.293 e. The van der Waals surface area contributed by atoms with Crippen molar-refractivity contribution in [1.29, 1.82) is 0 Å². The number of hydrogen-bond donors (Lipinski definition) is 3. The lowest BCUT2D eigenvalue weighted by molar-refractivity contribution is -0.384. The number of benzene rings is 1. The van der Waals surface area contributed by atoms with Gasteiger partial charge in [-0.3, -0.25) is 14.9 Å². The van der Waals surface area contributed by atoms with E-state index in [0.717, 1.165) is 12.8 Å². The average Bonchev–Trinajstić information content (AvgIpc) is 3.05. The van der Waals surface area contributed by atoms with Crippen molar-refractivity contribution < 1.29 is 9.72 Å². The number of nitrogens with two attached hydrogens (primary N) is 1. The zero-order valence-electron chi connectivity index (χ0n) is 12.7. The summed E-state index contributed by atoms with van der Waals surface area (Å²) < 4.78 is 0. The van der Waals surface area contributed by atoms with Gasteiger partial charge in [0, 0.05) is 31.3 Å². The van der Waals surface area contributed by atoms with Crippen LogP contribution in [0.3, 0.4) is 0 Å². The third-order valence-electron chi connectivity index (χ3n) is 4.25. The van der Waals surface area contributed by atoms with Gasteiger partial charge in [0.1, 0.15) is 5.69 Å². The van der Waals surface area contributed by atoms with E-state index in [9.17, 15) is 14.9 Å². The molecule has 1 aliphatic carbocycles. The molecule has 1 aliphatic rings. The molecule has 1 atom stereocenters. The molecule has 0 saturated heterocycles. The molecule has 2 rings (SSSR count). The zero-order chi connectivity index (χ0) is 16.1. The van der Waals surface area contributed by atoms with Gasteiger partial charge in [0.15, 0.2) is 0 Å². The van der Waals surface area contributed by atoms with Crippen LogP contribution in [0, 0.1) is 16.0 Å². The minimum Gasteiger partial charge on any atom is -0.375 e. The minimum atomic E-state index is -0.475. The lowest BCUT2D eigenvalue weighted by Crippen LogP contribution is -2.35. The first-order valence-corrected chi connectivity index (χ1v) is 7.54. The highest BCUT2D eigenvalue weighted by atomic mass is 16.6. The summed E-state index contributed by atoms with van der Waals surface area (Å²) in [5.41, 5.74) is 6.42. The van der Waals surface area contributed by atoms with Crippen LogP contribution in [0.1, 0.15) is 36.0 Å². The van der Waals surface area contributed by atoms with E-state index in [1.54, 1.807) is 12.1 Å². The van der Waals surface area contributed by atoms with Crippen LogP contribution < -0.4 is 16.4 Å². The fourth-order valence-corrected chi connectivity index (χ4v) is 3.02. The second-order valence-corrected chi connectivity index (χ2v) is 5.60. The van der Waals surface area contributed by atoms with Crippen LogP contribution in [0.5, 0.6) is 0 Å². The van der Waals surface area contributed by atoms with Crippen LogP contribution >= 0.6 is 0 Å². The lowest BCUT2D eigenvalue weighted by Gasteiger charge is -2.24. The number of anilines is 1. The van der Waals surface area contributed by atoms with Gasteiger partial charge in [0.05, 0.1) is 4.92 Å². The van der Waals surface area contributed by atoms with Gasteiger partial charge in [-0.25, -0.2) is 0 Å². The summed E-state index contributed by atoms with van der Waals surface area (Å²) in [5.74, 6) is 0.101. The number of amides is 1. The fourth-order valence-electron chi connectivity index (χ4n) is 3.02. The molecule has 1 fully saturated rings. The molecule has 0 heterocycles. The number of carbonyl (C=O) groups excluding carboxylic acids is 1. The van der Waals surface area contributed by atoms with Crippen molar-refractivity contribution in [3.63, 3.8) is 0 Å². The van der Waals surface area contributed by atoms with E-state index in [0.29, 0.717) is 18.2 Å². The largest absolute Gasteiger partial charge is 0.375 e. The molecule has 1 amide bonds. The Kier molecular flexibility index (Phi) is 5.32. The number of carbonyl (C=O) groups is 1. The first kappa shape index (κ1) is 16.2. The van der Waals surface area contributed by atoms with E-state index in [1.807, 2.05) is 0 Å². The molecule has 1 aromatic rings. The Morgan fingerprint density at radius 2 is 2.14 bits per heavy atom. The standard InChI is InChI=1S/C15H22N4O3/c1-17-15(20)11-6-7-12(14(8-11)19(21)22)18-13(9-16)10-4-2-3-5-10/h6-8,10,13,18H,2-5,9,16H2,1H3,(H,17,20). The monoisotopic (exact) mass is 306 g/mol. The SMILES string of the molecule is CNC(=O)c1ccc(NC(CN)C2CCCC2)c([N+](=O)[O-])c1. The van der Waals surface area contributed by atoms with Gasteiger partial charge in [-0.05, 0) is 30.9 Å². The molecule has 22 heavy (non-hydrogen) atoms. The second-order valence-electron chi connectivity index (χ2n) is 5.60. The van der Waals surface area contributed by atoms with E-state index < -0.39 is 4.92 Å². The highest BCUT2D eigenvalue weighted by Gasteiger charge is 2.26. The third-order valence-corrected chi connectivity index (χ3v) is 4.25. The van der Waals surface area contributed by atoms with Crippen LogP contribution in [0.25, 0.3) is 0 Å². The van der Waals surface area contributed by atoms with Crippen molar-refractivity contribution in [3.05, 3.63) is 33.9 Å². The molecule has 4 N–H and O–H groups in total. The summed E-state index contributed by atoms with van der Waals surface area (Å²) in [4.78, 5) is 22.4. The first-order chi connectivity index (χ1) is 10.6. The van der Waals surface area contributed by atoms with Crippen molar-refractivity contribution in [1.82, 2.24) is 5.32 Å². The lowest BCUT2D eigenvalue weighted by atomic mass is 9.97. The Balaban J connectivity index is 2.25. The molecule has 0 radical (unpaired) electrons. The van der Waals surface area contributed by atoms with Crippen molar-refractivity contribution in [2.45, 2.75) is 31.7 Å². The molecule has 7 heteroatoms. The predicted molar refractivity (Wildman–Crippen MR) is 84.9 cm³/mol. The topological polar surface area (TPSA) is 110 Å². The van der Waals surface area contributed by atoms with E-state index in [2.05, 4.69) is 10.6 Å².